The average molecular weight is 295 g/mol. The van der Waals surface area contributed by atoms with Gasteiger partial charge in [-0.05, 0) is 38.8 Å². The first kappa shape index (κ1) is 15.8. The zero-order chi connectivity index (χ0) is 15.2. The maximum atomic E-state index is 11.8. The van der Waals surface area contributed by atoms with E-state index in [9.17, 15) is 9.59 Å². The molecule has 0 saturated carbocycles. The lowest BCUT2D eigenvalue weighted by Crippen LogP contribution is -2.33. The third-order valence-corrected chi connectivity index (χ3v) is 4.14. The van der Waals surface area contributed by atoms with Crippen molar-refractivity contribution in [1.29, 1.82) is 0 Å². The van der Waals surface area contributed by atoms with Gasteiger partial charge in [0.05, 0.1) is 0 Å². The molecule has 1 aromatic rings. The lowest BCUT2D eigenvalue weighted by atomic mass is 9.93. The highest BCUT2D eigenvalue weighted by Crippen LogP contribution is 2.19. The summed E-state index contributed by atoms with van der Waals surface area (Å²) in [5.41, 5.74) is -0.224. The predicted molar refractivity (Wildman–Crippen MR) is 80.0 cm³/mol. The zero-order valence-electron chi connectivity index (χ0n) is 12.9. The van der Waals surface area contributed by atoms with Gasteiger partial charge >= 0.3 is 5.69 Å². The first-order chi connectivity index (χ1) is 10.1. The Morgan fingerprint density at radius 1 is 1.48 bits per heavy atom. The summed E-state index contributed by atoms with van der Waals surface area (Å²) in [4.78, 5) is 25.4. The Morgan fingerprint density at radius 3 is 2.95 bits per heavy atom. The van der Waals surface area contributed by atoms with Gasteiger partial charge in [-0.25, -0.2) is 9.89 Å². The monoisotopic (exact) mass is 295 g/mol. The molecule has 7 heteroatoms. The van der Waals surface area contributed by atoms with Crippen LogP contribution in [0.1, 0.15) is 31.5 Å². The van der Waals surface area contributed by atoms with Crippen molar-refractivity contribution in [2.75, 3.05) is 26.7 Å². The number of carbonyl (C=O) groups is 1. The van der Waals surface area contributed by atoms with Crippen LogP contribution in [-0.4, -0.2) is 52.3 Å². The van der Waals surface area contributed by atoms with Crippen LogP contribution >= 0.6 is 0 Å². The Kier molecular flexibility index (Phi) is 5.55. The summed E-state index contributed by atoms with van der Waals surface area (Å²) in [6.07, 6.45) is 4.56. The molecule has 118 valence electrons. The molecule has 1 unspecified atom stereocenters. The van der Waals surface area contributed by atoms with Gasteiger partial charge in [0.2, 0.25) is 5.91 Å². The van der Waals surface area contributed by atoms with Gasteiger partial charge in [-0.15, -0.1) is 0 Å². The summed E-state index contributed by atoms with van der Waals surface area (Å²) in [7, 11) is 3.81. The highest BCUT2D eigenvalue weighted by molar-refractivity contribution is 5.75. The fourth-order valence-electron chi connectivity index (χ4n) is 2.85. The van der Waals surface area contributed by atoms with E-state index in [-0.39, 0.29) is 11.6 Å². The van der Waals surface area contributed by atoms with Crippen LogP contribution in [0, 0.1) is 5.92 Å². The quantitative estimate of drug-likeness (QED) is 0.767. The number of aromatic amines is 1. The molecule has 1 amide bonds. The van der Waals surface area contributed by atoms with E-state index in [4.69, 9.17) is 0 Å². The van der Waals surface area contributed by atoms with Crippen molar-refractivity contribution in [2.24, 2.45) is 13.0 Å². The summed E-state index contributed by atoms with van der Waals surface area (Å²) in [5.74, 6) is 1.39. The normalized spacial score (nSPS) is 19.6. The van der Waals surface area contributed by atoms with Gasteiger partial charge in [-0.3, -0.25) is 9.36 Å². The highest BCUT2D eigenvalue weighted by Gasteiger charge is 2.17. The molecule has 1 aliphatic rings. The van der Waals surface area contributed by atoms with Gasteiger partial charge in [0.15, 0.2) is 0 Å². The molecule has 0 radical (unpaired) electrons. The van der Waals surface area contributed by atoms with Crippen LogP contribution in [0.15, 0.2) is 4.79 Å². The largest absolute Gasteiger partial charge is 0.356 e. The van der Waals surface area contributed by atoms with Crippen molar-refractivity contribution in [1.82, 2.24) is 25.0 Å². The third-order valence-electron chi connectivity index (χ3n) is 4.14. The molecule has 21 heavy (non-hydrogen) atoms. The molecule has 0 aliphatic carbocycles. The smallest absolute Gasteiger partial charge is 0.343 e. The van der Waals surface area contributed by atoms with E-state index < -0.39 is 0 Å². The van der Waals surface area contributed by atoms with Crippen LogP contribution in [0.25, 0.3) is 0 Å². The number of piperidine rings is 1. The zero-order valence-corrected chi connectivity index (χ0v) is 12.9. The van der Waals surface area contributed by atoms with Gasteiger partial charge in [-0.2, -0.15) is 5.10 Å². The Morgan fingerprint density at radius 2 is 2.29 bits per heavy atom. The second-order valence-electron chi connectivity index (χ2n) is 5.91. The number of nitrogens with zero attached hydrogens (tertiary/aromatic N) is 3. The minimum atomic E-state index is -0.224. The van der Waals surface area contributed by atoms with E-state index in [0.717, 1.165) is 13.0 Å². The van der Waals surface area contributed by atoms with Crippen LogP contribution < -0.4 is 11.0 Å². The summed E-state index contributed by atoms with van der Waals surface area (Å²) in [5, 5.41) is 9.19. The van der Waals surface area contributed by atoms with E-state index in [1.54, 1.807) is 7.05 Å². The first-order valence-corrected chi connectivity index (χ1v) is 7.61. The van der Waals surface area contributed by atoms with Crippen LogP contribution in [0.5, 0.6) is 0 Å². The van der Waals surface area contributed by atoms with Crippen LogP contribution in [-0.2, 0) is 18.3 Å². The average Bonchev–Trinajstić information content (AvgIpc) is 2.77. The minimum Gasteiger partial charge on any atom is -0.356 e. The number of hydrogen-bond acceptors (Lipinski definition) is 4. The Hall–Kier alpha value is -1.63. The minimum absolute atomic E-state index is 0.0868. The van der Waals surface area contributed by atoms with E-state index in [2.05, 4.69) is 27.5 Å². The number of aromatic nitrogens is 3. The van der Waals surface area contributed by atoms with E-state index >= 15 is 0 Å². The Balaban J connectivity index is 1.63. The molecular formula is C14H25N5O2. The van der Waals surface area contributed by atoms with Crippen molar-refractivity contribution < 1.29 is 4.79 Å². The fourth-order valence-corrected chi connectivity index (χ4v) is 2.85. The number of likely N-dealkylation sites (tertiary alicyclic amines) is 1. The van der Waals surface area contributed by atoms with Crippen molar-refractivity contribution in [2.45, 2.75) is 32.1 Å². The molecule has 1 aromatic heterocycles. The van der Waals surface area contributed by atoms with Gasteiger partial charge in [-0.1, -0.05) is 0 Å². The number of hydrogen-bond donors (Lipinski definition) is 2. The van der Waals surface area contributed by atoms with Crippen molar-refractivity contribution in [3.63, 3.8) is 0 Å². The standard InChI is InChI=1S/C14H25N5O2/c1-18-9-3-4-11(10-18)5-6-13(20)15-8-7-12-16-17-14(21)19(12)2/h11H,3-10H2,1-2H3,(H,15,20)(H,17,21). The molecule has 0 bridgehead atoms. The molecule has 2 rings (SSSR count). The maximum Gasteiger partial charge on any atom is 0.343 e. The molecular weight excluding hydrogens is 270 g/mol. The van der Waals surface area contributed by atoms with E-state index in [0.29, 0.717) is 31.1 Å². The Bertz CT molecular complexity index is 522. The van der Waals surface area contributed by atoms with Gasteiger partial charge in [0, 0.05) is 33.0 Å². The van der Waals surface area contributed by atoms with Crippen molar-refractivity contribution in [3.05, 3.63) is 16.3 Å². The highest BCUT2D eigenvalue weighted by atomic mass is 16.2. The molecule has 2 heterocycles. The van der Waals surface area contributed by atoms with Crippen molar-refractivity contribution >= 4 is 5.91 Å². The van der Waals surface area contributed by atoms with Crippen LogP contribution in [0.2, 0.25) is 0 Å². The van der Waals surface area contributed by atoms with Gasteiger partial charge in [0.1, 0.15) is 5.82 Å². The maximum absolute atomic E-state index is 11.8. The topological polar surface area (TPSA) is 83.0 Å². The predicted octanol–water partition coefficient (Wildman–Crippen LogP) is -0.111. The van der Waals surface area contributed by atoms with Crippen LogP contribution in [0.3, 0.4) is 0 Å². The van der Waals surface area contributed by atoms with Crippen LogP contribution in [0.4, 0.5) is 0 Å². The molecule has 0 aromatic carbocycles. The molecule has 2 N–H and O–H groups in total. The summed E-state index contributed by atoms with van der Waals surface area (Å²) < 4.78 is 1.46. The number of carbonyl (C=O) groups excluding carboxylic acids is 1. The third kappa shape index (κ3) is 4.70. The van der Waals surface area contributed by atoms with Crippen molar-refractivity contribution in [3.8, 4) is 0 Å². The molecule has 1 atom stereocenters. The SMILES string of the molecule is CN1CCCC(CCC(=O)NCCc2n[nH]c(=O)n2C)C1. The molecule has 7 nitrogen and oxygen atoms in total. The summed E-state index contributed by atoms with van der Waals surface area (Å²) in [6.45, 7) is 2.79. The summed E-state index contributed by atoms with van der Waals surface area (Å²) in [6, 6.07) is 0. The molecule has 0 spiro atoms. The second kappa shape index (κ2) is 7.40. The number of rotatable bonds is 6. The Labute approximate surface area is 124 Å². The number of amides is 1. The summed E-state index contributed by atoms with van der Waals surface area (Å²) >= 11 is 0. The van der Waals surface area contributed by atoms with Gasteiger partial charge < -0.3 is 10.2 Å². The molecule has 1 fully saturated rings. The van der Waals surface area contributed by atoms with E-state index in [1.165, 1.54) is 24.0 Å². The second-order valence-corrected chi connectivity index (χ2v) is 5.91. The lowest BCUT2D eigenvalue weighted by molar-refractivity contribution is -0.121. The molecule has 1 aliphatic heterocycles. The fraction of sp³-hybridized carbons (Fsp3) is 0.786. The first-order valence-electron chi connectivity index (χ1n) is 7.61. The number of H-pyrrole nitrogens is 1. The van der Waals surface area contributed by atoms with Gasteiger partial charge in [0.25, 0.3) is 0 Å². The number of nitrogens with one attached hydrogen (secondary N) is 2. The van der Waals surface area contributed by atoms with E-state index in [1.807, 2.05) is 0 Å². The lowest BCUT2D eigenvalue weighted by Gasteiger charge is -2.29. The molecule has 1 saturated heterocycles.